The summed E-state index contributed by atoms with van der Waals surface area (Å²) < 4.78 is 1.58. The second-order valence-electron chi connectivity index (χ2n) is 5.28. The maximum atomic E-state index is 11.9. The molecule has 1 rings (SSSR count). The van der Waals surface area contributed by atoms with Crippen LogP contribution in [0.25, 0.3) is 0 Å². The molecule has 0 aliphatic heterocycles. The third-order valence-corrected chi connectivity index (χ3v) is 3.34. The van der Waals surface area contributed by atoms with Gasteiger partial charge in [0, 0.05) is 23.5 Å². The molecule has 0 unspecified atom stereocenters. The molecule has 0 aromatic carbocycles. The summed E-state index contributed by atoms with van der Waals surface area (Å²) in [5.74, 6) is -0.907. The molecule has 0 saturated carbocycles. The first kappa shape index (κ1) is 16.4. The van der Waals surface area contributed by atoms with Gasteiger partial charge in [-0.1, -0.05) is 0 Å². The minimum Gasteiger partial charge on any atom is -0.481 e. The number of aromatic nitrogens is 2. The van der Waals surface area contributed by atoms with Crippen molar-refractivity contribution >= 4 is 5.97 Å². The van der Waals surface area contributed by atoms with E-state index in [1.165, 1.54) is 0 Å². The van der Waals surface area contributed by atoms with Gasteiger partial charge in [0.2, 0.25) is 0 Å². The third kappa shape index (κ3) is 4.45. The molecular weight excluding hydrogens is 258 g/mol. The molecule has 0 aliphatic rings. The van der Waals surface area contributed by atoms with Crippen LogP contribution in [0.1, 0.15) is 29.8 Å². The lowest BCUT2D eigenvalue weighted by molar-refractivity contribution is -0.136. The smallest absolute Gasteiger partial charge is 0.347 e. The molecule has 0 saturated heterocycles. The van der Waals surface area contributed by atoms with E-state index in [1.54, 1.807) is 18.4 Å². The first-order valence-electron chi connectivity index (χ1n) is 6.76. The first-order chi connectivity index (χ1) is 9.32. The van der Waals surface area contributed by atoms with Crippen molar-refractivity contribution in [2.24, 2.45) is 0 Å². The number of rotatable bonds is 7. The van der Waals surface area contributed by atoms with Gasteiger partial charge >= 0.3 is 11.7 Å². The highest BCUT2D eigenvalue weighted by molar-refractivity contribution is 5.70. The van der Waals surface area contributed by atoms with Crippen LogP contribution in [0.4, 0.5) is 0 Å². The molecular formula is C14H23N3O3. The maximum absolute atomic E-state index is 11.9. The Morgan fingerprint density at radius 1 is 1.30 bits per heavy atom. The van der Waals surface area contributed by atoms with Gasteiger partial charge in [0.05, 0.1) is 6.42 Å². The van der Waals surface area contributed by atoms with Gasteiger partial charge in [0.25, 0.3) is 0 Å². The van der Waals surface area contributed by atoms with E-state index >= 15 is 0 Å². The van der Waals surface area contributed by atoms with Crippen LogP contribution in [-0.2, 0) is 17.8 Å². The molecule has 1 aromatic heterocycles. The van der Waals surface area contributed by atoms with Crippen molar-refractivity contribution in [3.63, 3.8) is 0 Å². The van der Waals surface area contributed by atoms with E-state index in [4.69, 9.17) is 5.11 Å². The van der Waals surface area contributed by atoms with Crippen LogP contribution in [0.5, 0.6) is 0 Å². The van der Waals surface area contributed by atoms with Crippen molar-refractivity contribution < 1.29 is 9.90 Å². The molecule has 112 valence electrons. The Kier molecular flexibility index (Phi) is 5.88. The van der Waals surface area contributed by atoms with Gasteiger partial charge in [-0.25, -0.2) is 4.79 Å². The molecule has 1 aromatic rings. The van der Waals surface area contributed by atoms with Crippen molar-refractivity contribution in [3.05, 3.63) is 27.4 Å². The molecule has 6 heteroatoms. The number of unbranched alkanes of at least 4 members (excludes halogenated alkanes) is 1. The maximum Gasteiger partial charge on any atom is 0.347 e. The molecule has 1 heterocycles. The second-order valence-corrected chi connectivity index (χ2v) is 5.28. The predicted octanol–water partition coefficient (Wildman–Crippen LogP) is 0.829. The van der Waals surface area contributed by atoms with Gasteiger partial charge in [-0.05, 0) is 47.3 Å². The Morgan fingerprint density at radius 2 is 1.95 bits per heavy atom. The van der Waals surface area contributed by atoms with Crippen molar-refractivity contribution in [3.8, 4) is 0 Å². The number of nitrogens with zero attached hydrogens (tertiary/aromatic N) is 3. The molecule has 0 atom stereocenters. The zero-order chi connectivity index (χ0) is 15.3. The summed E-state index contributed by atoms with van der Waals surface area (Å²) in [6, 6.07) is 0. The second kappa shape index (κ2) is 7.19. The monoisotopic (exact) mass is 281 g/mol. The Morgan fingerprint density at radius 3 is 2.50 bits per heavy atom. The van der Waals surface area contributed by atoms with E-state index in [-0.39, 0.29) is 12.1 Å². The lowest BCUT2D eigenvalue weighted by atomic mass is 10.1. The van der Waals surface area contributed by atoms with E-state index < -0.39 is 5.97 Å². The van der Waals surface area contributed by atoms with Crippen LogP contribution in [0.15, 0.2) is 4.79 Å². The summed E-state index contributed by atoms with van der Waals surface area (Å²) in [7, 11) is 4.02. The van der Waals surface area contributed by atoms with Crippen LogP contribution in [0.3, 0.4) is 0 Å². The Labute approximate surface area is 119 Å². The van der Waals surface area contributed by atoms with Gasteiger partial charge in [-0.2, -0.15) is 4.98 Å². The fourth-order valence-corrected chi connectivity index (χ4v) is 2.21. The van der Waals surface area contributed by atoms with Crippen LogP contribution < -0.4 is 5.69 Å². The Balaban J connectivity index is 2.90. The summed E-state index contributed by atoms with van der Waals surface area (Å²) in [6.07, 6.45) is 1.76. The highest BCUT2D eigenvalue weighted by Crippen LogP contribution is 2.11. The van der Waals surface area contributed by atoms with Crippen molar-refractivity contribution in [1.82, 2.24) is 14.5 Å². The van der Waals surface area contributed by atoms with Crippen LogP contribution in [-0.4, -0.2) is 46.2 Å². The topological polar surface area (TPSA) is 75.4 Å². The van der Waals surface area contributed by atoms with E-state index in [1.807, 2.05) is 14.1 Å². The van der Waals surface area contributed by atoms with Gasteiger partial charge in [0.15, 0.2) is 0 Å². The molecule has 0 amide bonds. The molecule has 0 aliphatic carbocycles. The van der Waals surface area contributed by atoms with Gasteiger partial charge in [-0.3, -0.25) is 9.36 Å². The zero-order valence-electron chi connectivity index (χ0n) is 12.6. The number of aryl methyl sites for hydroxylation is 1. The molecule has 0 bridgehead atoms. The predicted molar refractivity (Wildman–Crippen MR) is 77.1 cm³/mol. The van der Waals surface area contributed by atoms with Crippen LogP contribution in [0, 0.1) is 13.8 Å². The van der Waals surface area contributed by atoms with Crippen LogP contribution >= 0.6 is 0 Å². The molecule has 0 fully saturated rings. The minimum absolute atomic E-state index is 0.0946. The molecule has 0 radical (unpaired) electrons. The number of aliphatic carboxylic acids is 1. The fourth-order valence-electron chi connectivity index (χ4n) is 2.21. The highest BCUT2D eigenvalue weighted by Gasteiger charge is 2.13. The van der Waals surface area contributed by atoms with Crippen molar-refractivity contribution in [1.29, 1.82) is 0 Å². The average molecular weight is 281 g/mol. The van der Waals surface area contributed by atoms with Gasteiger partial charge in [-0.15, -0.1) is 0 Å². The summed E-state index contributed by atoms with van der Waals surface area (Å²) in [5, 5.41) is 8.93. The Hall–Kier alpha value is -1.69. The minimum atomic E-state index is -0.907. The quantitative estimate of drug-likeness (QED) is 0.749. The standard InChI is InChI=1S/C14H23N3O3/c1-10-12(9-13(18)19)11(2)17(14(20)15-10)8-6-5-7-16(3)4/h5-9H2,1-4H3,(H,18,19). The molecule has 20 heavy (non-hydrogen) atoms. The van der Waals surface area contributed by atoms with E-state index in [0.717, 1.165) is 25.1 Å². The van der Waals surface area contributed by atoms with E-state index in [2.05, 4.69) is 9.88 Å². The largest absolute Gasteiger partial charge is 0.481 e. The first-order valence-corrected chi connectivity index (χ1v) is 6.76. The van der Waals surface area contributed by atoms with E-state index in [0.29, 0.717) is 17.8 Å². The lowest BCUT2D eigenvalue weighted by Gasteiger charge is -2.15. The SMILES string of the molecule is Cc1nc(=O)n(CCCCN(C)C)c(C)c1CC(=O)O. The van der Waals surface area contributed by atoms with Gasteiger partial charge in [0.1, 0.15) is 0 Å². The van der Waals surface area contributed by atoms with E-state index in [9.17, 15) is 9.59 Å². The summed E-state index contributed by atoms with van der Waals surface area (Å²) in [6.45, 7) is 5.02. The van der Waals surface area contributed by atoms with Gasteiger partial charge < -0.3 is 10.0 Å². The lowest BCUT2D eigenvalue weighted by Crippen LogP contribution is -2.29. The molecule has 6 nitrogen and oxygen atoms in total. The number of carbonyl (C=O) groups is 1. The summed E-state index contributed by atoms with van der Waals surface area (Å²) >= 11 is 0. The fraction of sp³-hybridized carbons (Fsp3) is 0.643. The van der Waals surface area contributed by atoms with Crippen molar-refractivity contribution in [2.45, 2.75) is 39.7 Å². The van der Waals surface area contributed by atoms with Crippen LogP contribution in [0.2, 0.25) is 0 Å². The average Bonchev–Trinajstić information content (AvgIpc) is 2.32. The number of carboxylic acid groups (broad SMARTS) is 1. The number of carboxylic acids is 1. The zero-order valence-corrected chi connectivity index (χ0v) is 12.6. The summed E-state index contributed by atoms with van der Waals surface area (Å²) in [4.78, 5) is 28.8. The third-order valence-electron chi connectivity index (χ3n) is 3.34. The highest BCUT2D eigenvalue weighted by atomic mass is 16.4. The Bertz CT molecular complexity index is 535. The number of hydrogen-bond acceptors (Lipinski definition) is 4. The van der Waals surface area contributed by atoms with Crippen molar-refractivity contribution in [2.75, 3.05) is 20.6 Å². The molecule has 1 N–H and O–H groups in total. The normalized spacial score (nSPS) is 11.1. The molecule has 0 spiro atoms. The summed E-state index contributed by atoms with van der Waals surface area (Å²) in [5.41, 5.74) is 1.58. The number of hydrogen-bond donors (Lipinski definition) is 1.